The minimum absolute atomic E-state index is 0.00725. The number of likely N-dealkylation sites (N-methyl/N-ethyl adjacent to an activating group) is 2. The van der Waals surface area contributed by atoms with Crippen molar-refractivity contribution in [3.63, 3.8) is 0 Å². The molecule has 80 heavy (non-hydrogen) atoms. The third kappa shape index (κ3) is 15.2. The molecule has 4 aromatic heterocycles. The molecular formula is C63H63F3N6O7S. The van der Waals surface area contributed by atoms with Crippen molar-refractivity contribution in [2.75, 3.05) is 72.9 Å². The van der Waals surface area contributed by atoms with Crippen LogP contribution in [0, 0.1) is 0 Å². The zero-order chi connectivity index (χ0) is 56.5. The second kappa shape index (κ2) is 27.4. The predicted molar refractivity (Wildman–Crippen MR) is 311 cm³/mol. The zero-order valence-electron chi connectivity index (χ0n) is 44.9. The molecule has 0 fully saturated rings. The molecule has 0 saturated heterocycles. The number of nitrogens with two attached hydrogens (primary N) is 1. The van der Waals surface area contributed by atoms with Crippen molar-refractivity contribution in [2.24, 2.45) is 5.73 Å². The number of rotatable bonds is 20. The van der Waals surface area contributed by atoms with Crippen molar-refractivity contribution in [1.82, 2.24) is 19.8 Å². The van der Waals surface area contributed by atoms with Crippen molar-refractivity contribution in [2.45, 2.75) is 18.3 Å². The molecule has 414 valence electrons. The number of aromatic nitrogens is 2. The number of benzene rings is 6. The summed E-state index contributed by atoms with van der Waals surface area (Å²) < 4.78 is 90.9. The summed E-state index contributed by atoms with van der Waals surface area (Å²) in [6, 6.07) is 58.0. The number of fused-ring (bicyclic) bond motifs is 2. The van der Waals surface area contributed by atoms with Gasteiger partial charge in [0.25, 0.3) is 0 Å². The first kappa shape index (κ1) is 57.7. The molecule has 0 saturated carbocycles. The van der Waals surface area contributed by atoms with Crippen molar-refractivity contribution in [1.29, 1.82) is 0 Å². The Morgan fingerprint density at radius 3 is 1.41 bits per heavy atom. The van der Waals surface area contributed by atoms with E-state index >= 15 is 0 Å². The second-order valence-electron chi connectivity index (χ2n) is 18.9. The van der Waals surface area contributed by atoms with Gasteiger partial charge in [-0.2, -0.15) is 21.6 Å². The number of ether oxygens (including phenoxy) is 2. The summed E-state index contributed by atoms with van der Waals surface area (Å²) in [5.41, 5.74) is 8.61. The van der Waals surface area contributed by atoms with Crippen LogP contribution in [0.3, 0.4) is 0 Å². The van der Waals surface area contributed by atoms with Gasteiger partial charge in [0.1, 0.15) is 36.2 Å². The second-order valence-corrected chi connectivity index (χ2v) is 20.4. The summed E-state index contributed by atoms with van der Waals surface area (Å²) in [6.45, 7) is 4.30. The number of nitrogens with zero attached hydrogens (tertiary/aromatic N) is 4. The maximum atomic E-state index is 13.0. The van der Waals surface area contributed by atoms with E-state index < -0.39 is 21.4 Å². The fraction of sp³-hybridized carbons (Fsp3) is 0.206. The van der Waals surface area contributed by atoms with Crippen molar-refractivity contribution < 1.29 is 44.1 Å². The molecule has 0 bridgehead atoms. The summed E-state index contributed by atoms with van der Waals surface area (Å²) in [5, 5.41) is 4.63. The Morgan fingerprint density at radius 2 is 0.963 bits per heavy atom. The molecule has 17 heteroatoms. The molecule has 0 atom stereocenters. The minimum Gasteiger partial charge on any atom is -0.492 e. The maximum Gasteiger partial charge on any atom is 0.534 e. The number of pyridine rings is 2. The van der Waals surface area contributed by atoms with Crippen LogP contribution in [0.5, 0.6) is 17.2 Å². The number of anilines is 1. The summed E-state index contributed by atoms with van der Waals surface area (Å²) in [5.74, 6) is 2.04. The predicted octanol–water partition coefficient (Wildman–Crippen LogP) is 13.3. The van der Waals surface area contributed by atoms with Crippen LogP contribution < -0.4 is 24.7 Å². The lowest BCUT2D eigenvalue weighted by atomic mass is 9.98. The smallest absolute Gasteiger partial charge is 0.492 e. The molecule has 0 aliphatic rings. The highest BCUT2D eigenvalue weighted by molar-refractivity contribution is 7.88. The minimum atomic E-state index is -5.91. The first-order chi connectivity index (χ1) is 38.7. The van der Waals surface area contributed by atoms with Gasteiger partial charge < -0.3 is 43.3 Å². The maximum absolute atomic E-state index is 13.0. The lowest BCUT2D eigenvalue weighted by Gasteiger charge is -2.12. The largest absolute Gasteiger partial charge is 0.534 e. The number of hydrogen-bond acceptors (Lipinski definition) is 13. The molecule has 10 rings (SSSR count). The van der Waals surface area contributed by atoms with Crippen LogP contribution in [0.25, 0.3) is 67.1 Å². The summed E-state index contributed by atoms with van der Waals surface area (Å²) in [4.78, 5) is 12.8. The van der Waals surface area contributed by atoms with Gasteiger partial charge in [-0.25, -0.2) is 9.97 Å². The van der Waals surface area contributed by atoms with Crippen LogP contribution in [-0.2, 0) is 23.0 Å². The fourth-order valence-electron chi connectivity index (χ4n) is 8.46. The third-order valence-electron chi connectivity index (χ3n) is 12.4. The third-order valence-corrected chi connectivity index (χ3v) is 13.4. The molecule has 0 aliphatic heterocycles. The van der Waals surface area contributed by atoms with Gasteiger partial charge in [-0.1, -0.05) is 121 Å². The fourth-order valence-corrected chi connectivity index (χ4v) is 8.93. The van der Waals surface area contributed by atoms with E-state index in [1.54, 1.807) is 60.8 Å². The molecule has 0 aliphatic carbocycles. The van der Waals surface area contributed by atoms with Crippen molar-refractivity contribution >= 4 is 38.0 Å². The average Bonchev–Trinajstić information content (AvgIpc) is 4.08. The van der Waals surface area contributed by atoms with E-state index in [1.807, 2.05) is 81.6 Å². The highest BCUT2D eigenvalue weighted by Gasteiger charge is 2.49. The molecule has 0 spiro atoms. The first-order valence-electron chi connectivity index (χ1n) is 25.9. The average molecular weight is 1110 g/mol. The Morgan fingerprint density at radius 1 is 0.537 bits per heavy atom. The lowest BCUT2D eigenvalue weighted by molar-refractivity contribution is -0.0499. The van der Waals surface area contributed by atoms with Crippen molar-refractivity contribution in [3.8, 4) is 62.1 Å². The Bertz CT molecular complexity index is 3620. The number of halogens is 3. The molecule has 0 radical (unpaired) electrons. The molecule has 4 heterocycles. The summed E-state index contributed by atoms with van der Waals surface area (Å²) >= 11 is 0. The van der Waals surface area contributed by atoms with Gasteiger partial charge in [0.05, 0.1) is 10.8 Å². The molecule has 3 N–H and O–H groups in total. The highest BCUT2D eigenvalue weighted by Crippen LogP contribution is 2.46. The van der Waals surface area contributed by atoms with E-state index in [0.29, 0.717) is 47.1 Å². The summed E-state index contributed by atoms with van der Waals surface area (Å²) in [6.07, 6.45) is 4.84. The number of furan rings is 2. The van der Waals surface area contributed by atoms with Crippen LogP contribution in [-0.4, -0.2) is 101 Å². The highest BCUT2D eigenvalue weighted by atomic mass is 32.2. The molecule has 0 unspecified atom stereocenters. The Balaban J connectivity index is 0.000000182. The van der Waals surface area contributed by atoms with Crippen molar-refractivity contribution in [3.05, 3.63) is 206 Å². The molecule has 0 amide bonds. The Kier molecular flexibility index (Phi) is 19.8. The van der Waals surface area contributed by atoms with Crippen LogP contribution in [0.1, 0.15) is 11.1 Å². The topological polar surface area (TPSA) is 158 Å². The monoisotopic (exact) mass is 1100 g/mol. The molecule has 6 aromatic carbocycles. The van der Waals surface area contributed by atoms with E-state index in [0.717, 1.165) is 90.6 Å². The van der Waals surface area contributed by atoms with Gasteiger partial charge in [0.2, 0.25) is 11.4 Å². The van der Waals surface area contributed by atoms with Gasteiger partial charge in [-0.05, 0) is 124 Å². The van der Waals surface area contributed by atoms with Gasteiger partial charge in [0.15, 0.2) is 5.75 Å². The quantitative estimate of drug-likeness (QED) is 0.0549. The van der Waals surface area contributed by atoms with E-state index in [-0.39, 0.29) is 11.1 Å². The number of hydrogen-bond donors (Lipinski definition) is 2. The standard InChI is InChI=1S/C31H31N3O2.C24H21F3N2O5S.C8H11N/c1-34(2)21-22-35-26-15-13-25(14-16-26)30-28(24-11-7-4-8-12-24)29-27(18-20-33-31(29)36-30)32-19-17-23-9-5-3-6-10-23;1-29(2)14-15-32-18-10-8-17(9-11-18)22-20(16-6-4-3-5-7-16)21-19(12-13-28-23(21)33-22)34-35(30,31)24(25,26)27;9-7-6-8-4-2-1-3-5-8/h3-16,18,20H,17,19,21-22H2,1-2H3,(H,32,33);3-13H,14-15H2,1-2H3;1-5H,6-7,9H2. The van der Waals surface area contributed by atoms with Crippen LogP contribution in [0.4, 0.5) is 18.9 Å². The zero-order valence-corrected chi connectivity index (χ0v) is 45.7. The Labute approximate surface area is 464 Å². The van der Waals surface area contributed by atoms with Gasteiger partial charge in [-0.3, -0.25) is 0 Å². The molecular weight excluding hydrogens is 1040 g/mol. The van der Waals surface area contributed by atoms with Gasteiger partial charge in [0, 0.05) is 66.0 Å². The Hall–Kier alpha value is -8.48. The first-order valence-corrected chi connectivity index (χ1v) is 27.3. The van der Waals surface area contributed by atoms with E-state index in [9.17, 15) is 21.6 Å². The van der Waals surface area contributed by atoms with Gasteiger partial charge >= 0.3 is 15.6 Å². The van der Waals surface area contributed by atoms with E-state index in [4.69, 9.17) is 24.0 Å². The lowest BCUT2D eigenvalue weighted by Crippen LogP contribution is -2.28. The van der Waals surface area contributed by atoms with E-state index in [2.05, 4.69) is 97.2 Å². The summed E-state index contributed by atoms with van der Waals surface area (Å²) in [7, 11) is 2.04. The van der Waals surface area contributed by atoms with Crippen LogP contribution in [0.15, 0.2) is 203 Å². The van der Waals surface area contributed by atoms with E-state index in [1.165, 1.54) is 11.1 Å². The molecule has 10 aromatic rings. The number of nitrogens with one attached hydrogen (secondary N) is 1. The number of alkyl halides is 3. The van der Waals surface area contributed by atoms with Crippen LogP contribution >= 0.6 is 0 Å². The molecule has 13 nitrogen and oxygen atoms in total. The SMILES string of the molecule is CN(C)CCOc1ccc(-c2oc3nccc(NCCc4ccccc4)c3c2-c2ccccc2)cc1.CN(C)CCOc1ccc(-c2oc3nccc(OS(=O)(=O)C(F)(F)F)c3c2-c2ccccc2)cc1.NCCc1ccccc1. The van der Waals surface area contributed by atoms with Crippen LogP contribution in [0.2, 0.25) is 0 Å². The van der Waals surface area contributed by atoms with Gasteiger partial charge in [-0.15, -0.1) is 0 Å². The normalized spacial score (nSPS) is 11.5.